The third-order valence-electron chi connectivity index (χ3n) is 4.43. The van der Waals surface area contributed by atoms with E-state index in [1.54, 1.807) is 0 Å². The van der Waals surface area contributed by atoms with Crippen LogP contribution in [0.5, 0.6) is 0 Å². The summed E-state index contributed by atoms with van der Waals surface area (Å²) in [6.45, 7) is 2.96. The molecule has 3 N–H and O–H groups in total. The molecule has 0 saturated carbocycles. The molecule has 1 atom stereocenters. The highest BCUT2D eigenvalue weighted by Gasteiger charge is 2.14. The normalized spacial score (nSPS) is 19.8. The third kappa shape index (κ3) is 5.89. The van der Waals surface area contributed by atoms with Crippen molar-refractivity contribution in [3.8, 4) is 0 Å². The van der Waals surface area contributed by atoms with E-state index in [0.717, 1.165) is 31.6 Å². The van der Waals surface area contributed by atoms with Crippen molar-refractivity contribution in [2.45, 2.75) is 44.6 Å². The minimum Gasteiger partial charge on any atom is -0.379 e. The van der Waals surface area contributed by atoms with Crippen molar-refractivity contribution >= 4 is 35.6 Å². The number of hydrogen-bond donors (Lipinski definition) is 2. The largest absolute Gasteiger partial charge is 0.379 e. The Morgan fingerprint density at radius 1 is 1.29 bits per heavy atom. The number of nitrogens with one attached hydrogen (secondary N) is 1. The second-order valence-corrected chi connectivity index (χ2v) is 6.29. The van der Waals surface area contributed by atoms with E-state index < -0.39 is 0 Å². The van der Waals surface area contributed by atoms with E-state index in [9.17, 15) is 0 Å². The van der Waals surface area contributed by atoms with Gasteiger partial charge in [0.05, 0.1) is 12.7 Å². The van der Waals surface area contributed by atoms with E-state index in [1.807, 2.05) is 0 Å². The molecule has 0 bridgehead atoms. The summed E-state index contributed by atoms with van der Waals surface area (Å²) in [7, 11) is 0. The van der Waals surface area contributed by atoms with Crippen LogP contribution in [0.15, 0.2) is 23.2 Å². The number of aliphatic imine (C=N–C) groups is 1. The molecule has 1 unspecified atom stereocenters. The molecule has 0 aromatic heterocycles. The molecule has 1 aliphatic heterocycles. The number of aryl methyl sites for hydroxylation is 2. The summed E-state index contributed by atoms with van der Waals surface area (Å²) in [5.41, 5.74) is 9.88. The van der Waals surface area contributed by atoms with Gasteiger partial charge in [-0.3, -0.25) is 4.99 Å². The van der Waals surface area contributed by atoms with Crippen LogP contribution in [0.3, 0.4) is 0 Å². The predicted octanol–water partition coefficient (Wildman–Crippen LogP) is 3.11. The molecule has 0 spiro atoms. The zero-order chi connectivity index (χ0) is 15.9. The molecular formula is C18H28IN3O2. The number of benzene rings is 1. The van der Waals surface area contributed by atoms with Gasteiger partial charge in [0.2, 0.25) is 0 Å². The Kier molecular flexibility index (Phi) is 8.28. The van der Waals surface area contributed by atoms with Crippen LogP contribution >= 0.6 is 24.0 Å². The summed E-state index contributed by atoms with van der Waals surface area (Å²) in [6, 6.07) is 6.46. The Morgan fingerprint density at radius 2 is 2.17 bits per heavy atom. The van der Waals surface area contributed by atoms with Gasteiger partial charge in [-0.05, 0) is 61.8 Å². The molecule has 3 rings (SSSR count). The number of ether oxygens (including phenoxy) is 2. The van der Waals surface area contributed by atoms with Gasteiger partial charge in [0.15, 0.2) is 5.96 Å². The van der Waals surface area contributed by atoms with Gasteiger partial charge in [0, 0.05) is 25.4 Å². The molecule has 2 aliphatic rings. The number of rotatable bonds is 7. The lowest BCUT2D eigenvalue weighted by Crippen LogP contribution is -2.23. The van der Waals surface area contributed by atoms with Gasteiger partial charge in [-0.2, -0.15) is 0 Å². The fraction of sp³-hybridized carbons (Fsp3) is 0.611. The molecule has 24 heavy (non-hydrogen) atoms. The topological polar surface area (TPSA) is 68.9 Å². The maximum atomic E-state index is 5.94. The summed E-state index contributed by atoms with van der Waals surface area (Å²) in [5, 5.41) is 3.17. The lowest BCUT2D eigenvalue weighted by Gasteiger charge is -2.10. The van der Waals surface area contributed by atoms with Gasteiger partial charge in [0.25, 0.3) is 0 Å². The monoisotopic (exact) mass is 445 g/mol. The summed E-state index contributed by atoms with van der Waals surface area (Å²) in [6.07, 6.45) is 7.08. The molecule has 1 aromatic carbocycles. The molecule has 1 heterocycles. The quantitative estimate of drug-likeness (QED) is 0.293. The molecule has 1 saturated heterocycles. The van der Waals surface area contributed by atoms with Crippen molar-refractivity contribution in [3.05, 3.63) is 29.3 Å². The minimum absolute atomic E-state index is 0. The van der Waals surface area contributed by atoms with Crippen LogP contribution in [0.4, 0.5) is 5.69 Å². The molecular weight excluding hydrogens is 417 g/mol. The second-order valence-electron chi connectivity index (χ2n) is 6.29. The molecule has 1 aliphatic carbocycles. The number of nitrogens with zero attached hydrogens (tertiary/aromatic N) is 1. The van der Waals surface area contributed by atoms with Crippen molar-refractivity contribution in [2.24, 2.45) is 10.7 Å². The Labute approximate surface area is 161 Å². The van der Waals surface area contributed by atoms with Crippen LogP contribution in [0.2, 0.25) is 0 Å². The van der Waals surface area contributed by atoms with Crippen LogP contribution in [0, 0.1) is 0 Å². The zero-order valence-electron chi connectivity index (χ0n) is 14.1. The number of halogens is 1. The highest BCUT2D eigenvalue weighted by atomic mass is 127. The SMILES string of the molecule is I.NC(=NCCCOCC1CCCO1)Nc1ccc2c(c1)CCC2. The smallest absolute Gasteiger partial charge is 0.193 e. The number of hydrogen-bond acceptors (Lipinski definition) is 3. The first-order valence-electron chi connectivity index (χ1n) is 8.69. The molecule has 134 valence electrons. The van der Waals surface area contributed by atoms with Crippen LogP contribution in [0.25, 0.3) is 0 Å². The summed E-state index contributed by atoms with van der Waals surface area (Å²) in [4.78, 5) is 4.35. The Bertz CT molecular complexity index is 545. The Hall–Kier alpha value is -0.860. The molecule has 0 radical (unpaired) electrons. The summed E-state index contributed by atoms with van der Waals surface area (Å²) < 4.78 is 11.1. The lowest BCUT2D eigenvalue weighted by atomic mass is 10.1. The van der Waals surface area contributed by atoms with E-state index in [2.05, 4.69) is 28.5 Å². The van der Waals surface area contributed by atoms with Crippen LogP contribution < -0.4 is 11.1 Å². The average molecular weight is 445 g/mol. The van der Waals surface area contributed by atoms with Crippen molar-refractivity contribution in [2.75, 3.05) is 31.7 Å². The molecule has 6 heteroatoms. The van der Waals surface area contributed by atoms with E-state index in [-0.39, 0.29) is 24.0 Å². The number of guanidine groups is 1. The van der Waals surface area contributed by atoms with Gasteiger partial charge < -0.3 is 20.5 Å². The third-order valence-corrected chi connectivity index (χ3v) is 4.43. The molecule has 1 fully saturated rings. The molecule has 1 aromatic rings. The van der Waals surface area contributed by atoms with Crippen molar-refractivity contribution in [1.29, 1.82) is 0 Å². The van der Waals surface area contributed by atoms with Crippen LogP contribution in [0.1, 0.15) is 36.8 Å². The first-order valence-corrected chi connectivity index (χ1v) is 8.69. The maximum Gasteiger partial charge on any atom is 0.193 e. The first-order chi connectivity index (χ1) is 11.3. The van der Waals surface area contributed by atoms with Crippen LogP contribution in [-0.2, 0) is 22.3 Å². The lowest BCUT2D eigenvalue weighted by molar-refractivity contribution is 0.0171. The van der Waals surface area contributed by atoms with Gasteiger partial charge in [0.1, 0.15) is 0 Å². The molecule has 5 nitrogen and oxygen atoms in total. The summed E-state index contributed by atoms with van der Waals surface area (Å²) in [5.74, 6) is 0.474. The van der Waals surface area contributed by atoms with E-state index in [1.165, 1.54) is 30.4 Å². The zero-order valence-corrected chi connectivity index (χ0v) is 16.5. The second kappa shape index (κ2) is 10.2. The first kappa shape index (κ1) is 19.5. The van der Waals surface area contributed by atoms with Gasteiger partial charge >= 0.3 is 0 Å². The Balaban J connectivity index is 0.00000208. The predicted molar refractivity (Wildman–Crippen MR) is 108 cm³/mol. The fourth-order valence-corrected chi connectivity index (χ4v) is 3.19. The van der Waals surface area contributed by atoms with Crippen molar-refractivity contribution < 1.29 is 9.47 Å². The Morgan fingerprint density at radius 3 is 3.00 bits per heavy atom. The van der Waals surface area contributed by atoms with E-state index in [4.69, 9.17) is 15.2 Å². The minimum atomic E-state index is 0. The summed E-state index contributed by atoms with van der Waals surface area (Å²) >= 11 is 0. The maximum absolute atomic E-state index is 5.94. The van der Waals surface area contributed by atoms with E-state index >= 15 is 0 Å². The molecule has 0 amide bonds. The van der Waals surface area contributed by atoms with Crippen molar-refractivity contribution in [1.82, 2.24) is 0 Å². The van der Waals surface area contributed by atoms with Crippen LogP contribution in [-0.4, -0.2) is 38.4 Å². The highest BCUT2D eigenvalue weighted by molar-refractivity contribution is 14.0. The number of anilines is 1. The van der Waals surface area contributed by atoms with Gasteiger partial charge in [-0.25, -0.2) is 0 Å². The fourth-order valence-electron chi connectivity index (χ4n) is 3.19. The van der Waals surface area contributed by atoms with Gasteiger partial charge in [-0.15, -0.1) is 24.0 Å². The van der Waals surface area contributed by atoms with E-state index in [0.29, 0.717) is 31.8 Å². The van der Waals surface area contributed by atoms with Crippen molar-refractivity contribution in [3.63, 3.8) is 0 Å². The number of nitrogens with two attached hydrogens (primary N) is 1. The average Bonchev–Trinajstić information content (AvgIpc) is 3.21. The highest BCUT2D eigenvalue weighted by Crippen LogP contribution is 2.24. The number of fused-ring (bicyclic) bond motifs is 1. The van der Waals surface area contributed by atoms with Gasteiger partial charge in [-0.1, -0.05) is 6.07 Å². The standard InChI is InChI=1S/C18H27N3O2.HI/c19-18(20-9-3-10-22-13-17-6-2-11-23-17)21-16-8-7-14-4-1-5-15(14)12-16;/h7-8,12,17H,1-6,9-11,13H2,(H3,19,20,21);1H.